The summed E-state index contributed by atoms with van der Waals surface area (Å²) in [5, 5.41) is 0. The van der Waals surface area contributed by atoms with Crippen molar-refractivity contribution < 1.29 is 8.42 Å². The van der Waals surface area contributed by atoms with Crippen molar-refractivity contribution in [2.45, 2.75) is 72.6 Å². The zero-order valence-electron chi connectivity index (χ0n) is 16.9. The molecule has 1 N–H and O–H groups in total. The zero-order chi connectivity index (χ0) is 19.5. The SMILES string of the molecule is CCC[CH2][Sn]([C]#Cc1ccc(NS(C)(=O)=O)cc1)([CH2]CCC)[CH2]CCC. The van der Waals surface area contributed by atoms with Crippen LogP contribution < -0.4 is 4.72 Å². The normalized spacial score (nSPS) is 11.7. The van der Waals surface area contributed by atoms with Gasteiger partial charge in [0.15, 0.2) is 0 Å². The molecule has 1 aromatic carbocycles. The van der Waals surface area contributed by atoms with Crippen LogP contribution in [-0.4, -0.2) is 33.1 Å². The van der Waals surface area contributed by atoms with Gasteiger partial charge < -0.3 is 0 Å². The van der Waals surface area contributed by atoms with Crippen LogP contribution in [-0.2, 0) is 10.0 Å². The quantitative estimate of drug-likeness (QED) is 0.319. The van der Waals surface area contributed by atoms with Gasteiger partial charge >= 0.3 is 166 Å². The van der Waals surface area contributed by atoms with Gasteiger partial charge in [-0.2, -0.15) is 0 Å². The number of benzene rings is 1. The maximum absolute atomic E-state index is 11.3. The topological polar surface area (TPSA) is 46.2 Å². The first-order valence-electron chi connectivity index (χ1n) is 9.95. The summed E-state index contributed by atoms with van der Waals surface area (Å²) in [6.45, 7) is 6.83. The van der Waals surface area contributed by atoms with E-state index in [4.69, 9.17) is 0 Å². The van der Waals surface area contributed by atoms with Gasteiger partial charge in [-0.3, -0.25) is 0 Å². The first kappa shape index (κ1) is 23.4. The fourth-order valence-corrected chi connectivity index (χ4v) is 16.9. The molecule has 3 nitrogen and oxygen atoms in total. The molecule has 0 aliphatic heterocycles. The van der Waals surface area contributed by atoms with Gasteiger partial charge in [0.1, 0.15) is 0 Å². The molecule has 0 saturated carbocycles. The Morgan fingerprint density at radius 1 is 0.885 bits per heavy atom. The molecule has 0 amide bonds. The maximum atomic E-state index is 11.3. The molecular formula is C21H35NO2SSn. The third-order valence-electron chi connectivity index (χ3n) is 4.69. The van der Waals surface area contributed by atoms with E-state index in [0.717, 1.165) is 5.56 Å². The Bertz CT molecular complexity index is 665. The van der Waals surface area contributed by atoms with E-state index in [9.17, 15) is 8.42 Å². The molecular weight excluding hydrogens is 449 g/mol. The summed E-state index contributed by atoms with van der Waals surface area (Å²) in [7, 11) is -3.23. The number of hydrogen-bond donors (Lipinski definition) is 1. The van der Waals surface area contributed by atoms with Crippen molar-refractivity contribution in [2.24, 2.45) is 0 Å². The number of sulfonamides is 1. The molecule has 0 heterocycles. The summed E-state index contributed by atoms with van der Waals surface area (Å²) in [4.78, 5) is 0. The Morgan fingerprint density at radius 3 is 1.73 bits per heavy atom. The molecule has 26 heavy (non-hydrogen) atoms. The monoisotopic (exact) mass is 485 g/mol. The Kier molecular flexibility index (Phi) is 10.7. The molecule has 0 unspecified atom stereocenters. The van der Waals surface area contributed by atoms with E-state index in [1.54, 1.807) is 12.1 Å². The first-order valence-corrected chi connectivity index (χ1v) is 19.3. The van der Waals surface area contributed by atoms with Crippen molar-refractivity contribution >= 4 is 34.1 Å². The third kappa shape index (κ3) is 9.32. The van der Waals surface area contributed by atoms with Crippen LogP contribution in [0.3, 0.4) is 0 Å². The Labute approximate surface area is 165 Å². The molecule has 5 heteroatoms. The molecule has 0 aromatic heterocycles. The van der Waals surface area contributed by atoms with Crippen LogP contribution >= 0.6 is 0 Å². The standard InChI is InChI=1S/C9H8NO2S.3C4H9.Sn/c1-3-8-4-6-9(7-5-8)10-13(2,11)12;3*1-3-4-2;/h4-7,10H,2H3;3*1,3-4H2,2H3;. The van der Waals surface area contributed by atoms with Gasteiger partial charge in [-0.25, -0.2) is 0 Å². The van der Waals surface area contributed by atoms with Crippen molar-refractivity contribution in [3.63, 3.8) is 0 Å². The number of nitrogens with one attached hydrogen (secondary N) is 1. The number of hydrogen-bond acceptors (Lipinski definition) is 2. The molecule has 1 aromatic rings. The zero-order valence-corrected chi connectivity index (χ0v) is 20.6. The van der Waals surface area contributed by atoms with E-state index in [1.165, 1.54) is 58.1 Å². The van der Waals surface area contributed by atoms with Crippen LogP contribution in [0.25, 0.3) is 0 Å². The molecule has 0 spiro atoms. The number of unbranched alkanes of at least 4 members (excludes halogenated alkanes) is 3. The van der Waals surface area contributed by atoms with Crippen LogP contribution in [0, 0.1) is 9.86 Å². The van der Waals surface area contributed by atoms with Gasteiger partial charge in [0.05, 0.1) is 0 Å². The molecule has 146 valence electrons. The van der Waals surface area contributed by atoms with Crippen LogP contribution in [0.2, 0.25) is 13.3 Å². The summed E-state index contributed by atoms with van der Waals surface area (Å²) in [6.07, 6.45) is 8.87. The summed E-state index contributed by atoms with van der Waals surface area (Å²) in [5.74, 6) is 3.47. The Balaban J connectivity index is 3.01. The van der Waals surface area contributed by atoms with Gasteiger partial charge in [0.2, 0.25) is 0 Å². The molecule has 0 bridgehead atoms. The van der Waals surface area contributed by atoms with E-state index < -0.39 is 28.4 Å². The van der Waals surface area contributed by atoms with Crippen LogP contribution in [0.1, 0.15) is 64.9 Å². The fourth-order valence-electron chi connectivity index (χ4n) is 3.15. The summed E-state index contributed by atoms with van der Waals surface area (Å²) >= 11 is -2.43. The van der Waals surface area contributed by atoms with Crippen LogP contribution in [0.5, 0.6) is 0 Å². The third-order valence-corrected chi connectivity index (χ3v) is 18.4. The molecule has 1 rings (SSSR count). The van der Waals surface area contributed by atoms with E-state index in [1.807, 2.05) is 12.1 Å². The van der Waals surface area contributed by atoms with Crippen molar-refractivity contribution in [1.82, 2.24) is 0 Å². The van der Waals surface area contributed by atoms with Crippen molar-refractivity contribution in [3.05, 3.63) is 29.8 Å². The second kappa shape index (κ2) is 11.9. The predicted octanol–water partition coefficient (Wildman–Crippen LogP) is 5.80. The van der Waals surface area contributed by atoms with Crippen molar-refractivity contribution in [2.75, 3.05) is 11.0 Å². The van der Waals surface area contributed by atoms with E-state index >= 15 is 0 Å². The molecule has 0 atom stereocenters. The predicted molar refractivity (Wildman–Crippen MR) is 117 cm³/mol. The molecule has 0 aliphatic rings. The molecule has 0 fully saturated rings. The van der Waals surface area contributed by atoms with Gasteiger partial charge in [0.25, 0.3) is 0 Å². The number of rotatable bonds is 11. The fraction of sp³-hybridized carbons (Fsp3) is 0.619. The van der Waals surface area contributed by atoms with E-state index in [2.05, 4.69) is 35.4 Å². The van der Waals surface area contributed by atoms with E-state index in [0.29, 0.717) is 5.69 Å². The van der Waals surface area contributed by atoms with Gasteiger partial charge in [-0.05, 0) is 0 Å². The summed E-state index contributed by atoms with van der Waals surface area (Å²) in [5.41, 5.74) is 1.59. The minimum atomic E-state index is -3.23. The first-order chi connectivity index (χ1) is 12.3. The van der Waals surface area contributed by atoms with Gasteiger partial charge in [-0.1, -0.05) is 0 Å². The van der Waals surface area contributed by atoms with Crippen molar-refractivity contribution in [1.29, 1.82) is 0 Å². The minimum absolute atomic E-state index is 0.593. The summed E-state index contributed by atoms with van der Waals surface area (Å²) < 4.78 is 33.1. The molecule has 0 saturated heterocycles. The molecule has 0 aliphatic carbocycles. The van der Waals surface area contributed by atoms with Gasteiger partial charge in [-0.15, -0.1) is 0 Å². The second-order valence-electron chi connectivity index (χ2n) is 7.29. The average molecular weight is 484 g/mol. The van der Waals surface area contributed by atoms with Crippen LogP contribution in [0.15, 0.2) is 24.3 Å². The summed E-state index contributed by atoms with van der Waals surface area (Å²) in [6, 6.07) is 7.45. The van der Waals surface area contributed by atoms with Crippen LogP contribution in [0.4, 0.5) is 5.69 Å². The Morgan fingerprint density at radius 2 is 1.35 bits per heavy atom. The molecule has 0 radical (unpaired) electrons. The van der Waals surface area contributed by atoms with Crippen molar-refractivity contribution in [3.8, 4) is 9.86 Å². The Hall–Kier alpha value is -0.671. The average Bonchev–Trinajstić information content (AvgIpc) is 2.60. The van der Waals surface area contributed by atoms with E-state index in [-0.39, 0.29) is 0 Å². The second-order valence-corrected chi connectivity index (χ2v) is 21.3. The number of anilines is 1. The van der Waals surface area contributed by atoms with Gasteiger partial charge in [0, 0.05) is 0 Å².